The predicted molar refractivity (Wildman–Crippen MR) is 76.5 cm³/mol. The highest BCUT2D eigenvalue weighted by atomic mass is 32.2. The first-order valence-electron chi connectivity index (χ1n) is 6.63. The van der Waals surface area contributed by atoms with Gasteiger partial charge in [-0.2, -0.15) is 4.31 Å². The van der Waals surface area contributed by atoms with Gasteiger partial charge in [-0.05, 0) is 35.7 Å². The molecule has 2 aromatic rings. The number of nitrogens with zero attached hydrogens (tertiary/aromatic N) is 2. The highest BCUT2D eigenvalue weighted by Gasteiger charge is 2.30. The number of hydrogen-bond donors (Lipinski definition) is 0. The minimum Gasteiger partial charge on any atom is -0.260 e. The maximum absolute atomic E-state index is 12.6. The second kappa shape index (κ2) is 5.00. The Balaban J connectivity index is 1.90. The van der Waals surface area contributed by atoms with Gasteiger partial charge in [0.15, 0.2) is 0 Å². The maximum Gasteiger partial charge on any atom is 0.243 e. The van der Waals surface area contributed by atoms with E-state index in [1.807, 2.05) is 31.2 Å². The van der Waals surface area contributed by atoms with Crippen LogP contribution in [0.1, 0.15) is 23.7 Å². The third-order valence-corrected chi connectivity index (χ3v) is 5.43. The van der Waals surface area contributed by atoms with Crippen molar-refractivity contribution in [2.75, 3.05) is 0 Å². The average molecular weight is 288 g/mol. The number of hydrogen-bond acceptors (Lipinski definition) is 3. The fourth-order valence-corrected chi connectivity index (χ4v) is 3.77. The fourth-order valence-electron chi connectivity index (χ4n) is 2.39. The van der Waals surface area contributed by atoms with Gasteiger partial charge in [-0.3, -0.25) is 4.98 Å². The molecule has 0 unspecified atom stereocenters. The van der Waals surface area contributed by atoms with E-state index in [9.17, 15) is 8.42 Å². The number of aromatic nitrogens is 1. The van der Waals surface area contributed by atoms with E-state index in [-0.39, 0.29) is 0 Å². The van der Waals surface area contributed by atoms with Crippen molar-refractivity contribution in [3.63, 3.8) is 0 Å². The zero-order valence-corrected chi connectivity index (χ0v) is 12.1. The molecule has 104 valence electrons. The van der Waals surface area contributed by atoms with Crippen LogP contribution in [-0.2, 0) is 29.5 Å². The molecule has 1 aromatic heterocycles. The third kappa shape index (κ3) is 2.23. The van der Waals surface area contributed by atoms with Crippen LogP contribution >= 0.6 is 0 Å². The molecule has 2 heterocycles. The monoisotopic (exact) mass is 288 g/mol. The van der Waals surface area contributed by atoms with Crippen molar-refractivity contribution in [1.82, 2.24) is 9.29 Å². The highest BCUT2D eigenvalue weighted by molar-refractivity contribution is 7.89. The Labute approximate surface area is 119 Å². The van der Waals surface area contributed by atoms with Crippen molar-refractivity contribution in [3.05, 3.63) is 59.4 Å². The lowest BCUT2D eigenvalue weighted by molar-refractivity contribution is 0.429. The molecule has 0 saturated heterocycles. The molecule has 0 spiro atoms. The predicted octanol–water partition coefficient (Wildman–Crippen LogP) is 2.35. The van der Waals surface area contributed by atoms with Crippen molar-refractivity contribution in [1.29, 1.82) is 0 Å². The van der Waals surface area contributed by atoms with Crippen LogP contribution in [0.2, 0.25) is 0 Å². The smallest absolute Gasteiger partial charge is 0.243 e. The first-order chi connectivity index (χ1) is 9.61. The zero-order chi connectivity index (χ0) is 14.2. The van der Waals surface area contributed by atoms with Gasteiger partial charge in [0.2, 0.25) is 10.0 Å². The summed E-state index contributed by atoms with van der Waals surface area (Å²) in [7, 11) is -3.44. The molecule has 3 rings (SSSR count). The van der Waals surface area contributed by atoms with Crippen LogP contribution in [0.4, 0.5) is 0 Å². The molecule has 0 aliphatic carbocycles. The van der Waals surface area contributed by atoms with Crippen LogP contribution in [0, 0.1) is 0 Å². The summed E-state index contributed by atoms with van der Waals surface area (Å²) in [4.78, 5) is 4.59. The number of rotatable bonds is 3. The van der Waals surface area contributed by atoms with Gasteiger partial charge in [0.05, 0.1) is 17.1 Å². The summed E-state index contributed by atoms with van der Waals surface area (Å²) < 4.78 is 26.7. The Hall–Kier alpha value is -1.72. The molecular formula is C15H16N2O2S. The summed E-state index contributed by atoms with van der Waals surface area (Å²) in [5, 5.41) is 0. The summed E-state index contributed by atoms with van der Waals surface area (Å²) in [5.74, 6) is 0. The van der Waals surface area contributed by atoms with E-state index in [1.165, 1.54) is 4.31 Å². The molecule has 0 saturated carbocycles. The fraction of sp³-hybridized carbons (Fsp3) is 0.267. The molecule has 0 radical (unpaired) electrons. The molecule has 5 heteroatoms. The Morgan fingerprint density at radius 2 is 1.90 bits per heavy atom. The highest BCUT2D eigenvalue weighted by Crippen LogP contribution is 2.27. The van der Waals surface area contributed by atoms with Crippen LogP contribution in [0.5, 0.6) is 0 Å². The Morgan fingerprint density at radius 1 is 1.15 bits per heavy atom. The molecule has 0 fully saturated rings. The van der Waals surface area contributed by atoms with Crippen LogP contribution < -0.4 is 0 Å². The standard InChI is InChI=1S/C15H16N2O2S/c1-2-12-5-7-14(8-6-12)20(18,19)17-10-13-4-3-9-16-15(13)11-17/h3-9H,2,10-11H2,1H3. The van der Waals surface area contributed by atoms with E-state index in [0.29, 0.717) is 18.0 Å². The Morgan fingerprint density at radius 3 is 2.55 bits per heavy atom. The third-order valence-electron chi connectivity index (χ3n) is 3.63. The second-order valence-electron chi connectivity index (χ2n) is 4.88. The van der Waals surface area contributed by atoms with Gasteiger partial charge < -0.3 is 0 Å². The molecule has 20 heavy (non-hydrogen) atoms. The van der Waals surface area contributed by atoms with Crippen molar-refractivity contribution < 1.29 is 8.42 Å². The Kier molecular flexibility index (Phi) is 3.31. The molecule has 0 atom stereocenters. The molecule has 0 N–H and O–H groups in total. The largest absolute Gasteiger partial charge is 0.260 e. The molecular weight excluding hydrogens is 272 g/mol. The topological polar surface area (TPSA) is 50.3 Å². The van der Waals surface area contributed by atoms with Gasteiger partial charge in [0.1, 0.15) is 0 Å². The zero-order valence-electron chi connectivity index (χ0n) is 11.3. The quantitative estimate of drug-likeness (QED) is 0.871. The summed E-state index contributed by atoms with van der Waals surface area (Å²) in [6, 6.07) is 10.9. The molecule has 1 aliphatic rings. The van der Waals surface area contributed by atoms with Gasteiger partial charge in [0, 0.05) is 12.7 Å². The van der Waals surface area contributed by atoms with Gasteiger partial charge >= 0.3 is 0 Å². The second-order valence-corrected chi connectivity index (χ2v) is 6.82. The number of pyridine rings is 1. The van der Waals surface area contributed by atoms with E-state index in [1.54, 1.807) is 18.3 Å². The van der Waals surface area contributed by atoms with Crippen molar-refractivity contribution in [2.45, 2.75) is 31.3 Å². The molecule has 1 aliphatic heterocycles. The van der Waals surface area contributed by atoms with E-state index < -0.39 is 10.0 Å². The van der Waals surface area contributed by atoms with Crippen LogP contribution in [0.3, 0.4) is 0 Å². The first-order valence-corrected chi connectivity index (χ1v) is 8.07. The van der Waals surface area contributed by atoms with E-state index in [0.717, 1.165) is 23.2 Å². The van der Waals surface area contributed by atoms with Crippen molar-refractivity contribution >= 4 is 10.0 Å². The van der Waals surface area contributed by atoms with Crippen molar-refractivity contribution in [2.24, 2.45) is 0 Å². The number of aryl methyl sites for hydroxylation is 1. The molecule has 0 bridgehead atoms. The van der Waals surface area contributed by atoms with Crippen LogP contribution in [0.25, 0.3) is 0 Å². The molecule has 4 nitrogen and oxygen atoms in total. The number of benzene rings is 1. The molecule has 0 amide bonds. The first kappa shape index (κ1) is 13.3. The van der Waals surface area contributed by atoms with E-state index in [4.69, 9.17) is 0 Å². The maximum atomic E-state index is 12.6. The number of sulfonamides is 1. The van der Waals surface area contributed by atoms with E-state index in [2.05, 4.69) is 4.98 Å². The minimum absolute atomic E-state index is 0.350. The average Bonchev–Trinajstić information content (AvgIpc) is 2.92. The minimum atomic E-state index is -3.44. The SMILES string of the molecule is CCc1ccc(S(=O)(=O)N2Cc3cccnc3C2)cc1. The van der Waals surface area contributed by atoms with Gasteiger partial charge in [-0.25, -0.2) is 8.42 Å². The lowest BCUT2D eigenvalue weighted by Gasteiger charge is -2.15. The van der Waals surface area contributed by atoms with Gasteiger partial charge in [-0.1, -0.05) is 25.1 Å². The normalized spacial score (nSPS) is 15.2. The summed E-state index contributed by atoms with van der Waals surface area (Å²) in [6.45, 7) is 2.81. The summed E-state index contributed by atoms with van der Waals surface area (Å²) in [5.41, 5.74) is 2.97. The van der Waals surface area contributed by atoms with Crippen molar-refractivity contribution in [3.8, 4) is 0 Å². The molecule has 1 aromatic carbocycles. The summed E-state index contributed by atoms with van der Waals surface area (Å²) in [6.07, 6.45) is 2.60. The van der Waals surface area contributed by atoms with Crippen LogP contribution in [-0.4, -0.2) is 17.7 Å². The summed E-state index contributed by atoms with van der Waals surface area (Å²) >= 11 is 0. The van der Waals surface area contributed by atoms with Gasteiger partial charge in [-0.15, -0.1) is 0 Å². The number of fused-ring (bicyclic) bond motifs is 1. The lowest BCUT2D eigenvalue weighted by atomic mass is 10.2. The van der Waals surface area contributed by atoms with Crippen LogP contribution in [0.15, 0.2) is 47.5 Å². The lowest BCUT2D eigenvalue weighted by Crippen LogP contribution is -2.25. The van der Waals surface area contributed by atoms with E-state index >= 15 is 0 Å². The van der Waals surface area contributed by atoms with Gasteiger partial charge in [0.25, 0.3) is 0 Å². The Bertz CT molecular complexity index is 699.